The van der Waals surface area contributed by atoms with Crippen molar-refractivity contribution in [3.05, 3.63) is 21.9 Å². The van der Waals surface area contributed by atoms with Crippen LogP contribution in [0, 0.1) is 0 Å². The predicted octanol–water partition coefficient (Wildman–Crippen LogP) is 1.11. The van der Waals surface area contributed by atoms with Crippen LogP contribution in [0.4, 0.5) is 0 Å². The van der Waals surface area contributed by atoms with Crippen LogP contribution >= 0.6 is 11.3 Å². The standard InChI is InChI=1S/C11H15NO4S2/c1-11(3-5-18(15,16)7-11)12-6-8-2-4-17-9(8)10(13)14/h2,4,12H,3,5-7H2,1H3,(H,13,14). The minimum Gasteiger partial charge on any atom is -0.477 e. The molecule has 1 atom stereocenters. The zero-order chi connectivity index (χ0) is 13.4. The van der Waals surface area contributed by atoms with Crippen LogP contribution < -0.4 is 5.32 Å². The molecule has 7 heteroatoms. The minimum absolute atomic E-state index is 0.118. The van der Waals surface area contributed by atoms with Gasteiger partial charge in [0.05, 0.1) is 11.5 Å². The second-order valence-electron chi connectivity index (χ2n) is 4.84. The summed E-state index contributed by atoms with van der Waals surface area (Å²) < 4.78 is 22.9. The van der Waals surface area contributed by atoms with E-state index in [2.05, 4.69) is 5.32 Å². The third kappa shape index (κ3) is 2.90. The summed E-state index contributed by atoms with van der Waals surface area (Å²) in [6, 6.07) is 1.76. The summed E-state index contributed by atoms with van der Waals surface area (Å²) in [6.07, 6.45) is 0.571. The molecule has 1 unspecified atom stereocenters. The Hall–Kier alpha value is -0.920. The Kier molecular flexibility index (Phi) is 3.48. The predicted molar refractivity (Wildman–Crippen MR) is 69.8 cm³/mol. The van der Waals surface area contributed by atoms with E-state index in [9.17, 15) is 13.2 Å². The third-order valence-corrected chi connectivity index (χ3v) is 6.00. The van der Waals surface area contributed by atoms with E-state index in [1.807, 2.05) is 6.92 Å². The number of nitrogens with one attached hydrogen (secondary N) is 1. The molecule has 0 bridgehead atoms. The van der Waals surface area contributed by atoms with Crippen molar-refractivity contribution in [2.75, 3.05) is 11.5 Å². The number of carboxylic acids is 1. The zero-order valence-electron chi connectivity index (χ0n) is 9.97. The van der Waals surface area contributed by atoms with E-state index >= 15 is 0 Å². The van der Waals surface area contributed by atoms with Crippen molar-refractivity contribution in [1.82, 2.24) is 5.32 Å². The molecule has 2 heterocycles. The lowest BCUT2D eigenvalue weighted by Gasteiger charge is -2.23. The molecule has 1 fully saturated rings. The highest BCUT2D eigenvalue weighted by molar-refractivity contribution is 7.91. The van der Waals surface area contributed by atoms with Gasteiger partial charge < -0.3 is 10.4 Å². The van der Waals surface area contributed by atoms with Crippen LogP contribution in [0.3, 0.4) is 0 Å². The van der Waals surface area contributed by atoms with E-state index < -0.39 is 21.3 Å². The maximum atomic E-state index is 11.5. The molecule has 1 aliphatic rings. The first-order valence-electron chi connectivity index (χ1n) is 5.56. The lowest BCUT2D eigenvalue weighted by Crippen LogP contribution is -2.42. The second kappa shape index (κ2) is 4.64. The fourth-order valence-electron chi connectivity index (χ4n) is 2.12. The number of carboxylic acid groups (broad SMARTS) is 1. The first-order chi connectivity index (χ1) is 8.31. The van der Waals surface area contributed by atoms with E-state index in [4.69, 9.17) is 5.11 Å². The molecule has 1 aliphatic heterocycles. The van der Waals surface area contributed by atoms with Crippen molar-refractivity contribution in [3.63, 3.8) is 0 Å². The van der Waals surface area contributed by atoms with Crippen LogP contribution in [-0.4, -0.2) is 36.5 Å². The van der Waals surface area contributed by atoms with Gasteiger partial charge in [0.15, 0.2) is 9.84 Å². The number of aromatic carboxylic acids is 1. The quantitative estimate of drug-likeness (QED) is 0.867. The highest BCUT2D eigenvalue weighted by Crippen LogP contribution is 2.24. The van der Waals surface area contributed by atoms with Crippen LogP contribution in [0.15, 0.2) is 11.4 Å². The van der Waals surface area contributed by atoms with Crippen molar-refractivity contribution >= 4 is 27.1 Å². The van der Waals surface area contributed by atoms with Crippen molar-refractivity contribution in [2.24, 2.45) is 0 Å². The molecular weight excluding hydrogens is 274 g/mol. The average molecular weight is 289 g/mol. The van der Waals surface area contributed by atoms with Gasteiger partial charge in [-0.15, -0.1) is 11.3 Å². The van der Waals surface area contributed by atoms with Gasteiger partial charge in [-0.1, -0.05) is 0 Å². The largest absolute Gasteiger partial charge is 0.477 e. The van der Waals surface area contributed by atoms with Crippen LogP contribution in [0.2, 0.25) is 0 Å². The molecule has 0 aromatic carbocycles. The molecule has 18 heavy (non-hydrogen) atoms. The van der Waals surface area contributed by atoms with Gasteiger partial charge >= 0.3 is 5.97 Å². The molecule has 1 saturated heterocycles. The Labute approximate surface area is 110 Å². The van der Waals surface area contributed by atoms with Gasteiger partial charge in [-0.2, -0.15) is 0 Å². The molecule has 1 aromatic rings. The summed E-state index contributed by atoms with van der Waals surface area (Å²) in [4.78, 5) is 11.3. The van der Waals surface area contributed by atoms with E-state index in [0.29, 0.717) is 23.4 Å². The Bertz CT molecular complexity index is 563. The fraction of sp³-hybridized carbons (Fsp3) is 0.545. The van der Waals surface area contributed by atoms with Gasteiger partial charge in [0.1, 0.15) is 4.88 Å². The number of hydrogen-bond donors (Lipinski definition) is 2. The van der Waals surface area contributed by atoms with Crippen molar-refractivity contribution in [2.45, 2.75) is 25.4 Å². The van der Waals surface area contributed by atoms with E-state index in [0.717, 1.165) is 0 Å². The monoisotopic (exact) mass is 289 g/mol. The number of hydrogen-bond acceptors (Lipinski definition) is 5. The van der Waals surface area contributed by atoms with Crippen LogP contribution in [-0.2, 0) is 16.4 Å². The smallest absolute Gasteiger partial charge is 0.346 e. The second-order valence-corrected chi connectivity index (χ2v) is 7.94. The first-order valence-corrected chi connectivity index (χ1v) is 8.27. The van der Waals surface area contributed by atoms with Crippen molar-refractivity contribution < 1.29 is 18.3 Å². The molecule has 100 valence electrons. The molecule has 0 aliphatic carbocycles. The van der Waals surface area contributed by atoms with E-state index in [-0.39, 0.29) is 11.5 Å². The number of rotatable bonds is 4. The average Bonchev–Trinajstić information content (AvgIpc) is 2.81. The first kappa shape index (κ1) is 13.5. The van der Waals surface area contributed by atoms with Crippen LogP contribution in [0.5, 0.6) is 0 Å². The molecule has 0 saturated carbocycles. The molecule has 0 amide bonds. The molecule has 0 radical (unpaired) electrons. The summed E-state index contributed by atoms with van der Waals surface area (Å²) in [7, 11) is -2.95. The summed E-state index contributed by atoms with van der Waals surface area (Å²) in [5.74, 6) is -0.621. The summed E-state index contributed by atoms with van der Waals surface area (Å²) >= 11 is 1.18. The van der Waals surface area contributed by atoms with Crippen LogP contribution in [0.25, 0.3) is 0 Å². The third-order valence-electron chi connectivity index (χ3n) is 3.15. The fourth-order valence-corrected chi connectivity index (χ4v) is 5.00. The summed E-state index contributed by atoms with van der Waals surface area (Å²) in [5.41, 5.74) is 0.259. The molecule has 2 N–H and O–H groups in total. The van der Waals surface area contributed by atoms with Gasteiger partial charge in [0.25, 0.3) is 0 Å². The van der Waals surface area contributed by atoms with E-state index in [1.165, 1.54) is 11.3 Å². The lowest BCUT2D eigenvalue weighted by molar-refractivity contribution is 0.0700. The Morgan fingerprint density at radius 1 is 1.61 bits per heavy atom. The van der Waals surface area contributed by atoms with Gasteiger partial charge in [-0.3, -0.25) is 0 Å². The Balaban J connectivity index is 2.04. The molecule has 0 spiro atoms. The Morgan fingerprint density at radius 3 is 2.89 bits per heavy atom. The highest BCUT2D eigenvalue weighted by atomic mass is 32.2. The SMILES string of the molecule is CC1(NCc2ccsc2C(=O)O)CCS(=O)(=O)C1. The number of carbonyl (C=O) groups is 1. The van der Waals surface area contributed by atoms with E-state index in [1.54, 1.807) is 11.4 Å². The minimum atomic E-state index is -2.95. The summed E-state index contributed by atoms with van der Waals surface area (Å²) in [6.45, 7) is 2.25. The van der Waals surface area contributed by atoms with Crippen molar-refractivity contribution in [3.8, 4) is 0 Å². The Morgan fingerprint density at radius 2 is 2.33 bits per heavy atom. The number of thiophene rings is 1. The van der Waals surface area contributed by atoms with Crippen LogP contribution in [0.1, 0.15) is 28.6 Å². The normalized spacial score (nSPS) is 26.3. The maximum absolute atomic E-state index is 11.5. The van der Waals surface area contributed by atoms with Gasteiger partial charge in [0.2, 0.25) is 0 Å². The van der Waals surface area contributed by atoms with Crippen molar-refractivity contribution in [1.29, 1.82) is 0 Å². The molecular formula is C11H15NO4S2. The highest BCUT2D eigenvalue weighted by Gasteiger charge is 2.37. The molecule has 2 rings (SSSR count). The number of sulfone groups is 1. The molecule has 1 aromatic heterocycles. The van der Waals surface area contributed by atoms with Gasteiger partial charge in [-0.05, 0) is 30.4 Å². The van der Waals surface area contributed by atoms with Gasteiger partial charge in [0, 0.05) is 12.1 Å². The lowest BCUT2D eigenvalue weighted by atomic mass is 10.0. The maximum Gasteiger partial charge on any atom is 0.346 e. The van der Waals surface area contributed by atoms with Gasteiger partial charge in [-0.25, -0.2) is 13.2 Å². The zero-order valence-corrected chi connectivity index (χ0v) is 11.6. The summed E-state index contributed by atoms with van der Waals surface area (Å²) in [5, 5.41) is 13.9. The topological polar surface area (TPSA) is 83.5 Å². The molecule has 5 nitrogen and oxygen atoms in total.